The van der Waals surface area contributed by atoms with Crippen LogP contribution >= 0.6 is 0 Å². The molecule has 4 rings (SSSR count). The number of hydrazine groups is 3. The zero-order valence-electron chi connectivity index (χ0n) is 16.9. The van der Waals surface area contributed by atoms with Crippen LogP contribution in [0.3, 0.4) is 0 Å². The van der Waals surface area contributed by atoms with Gasteiger partial charge in [0.05, 0.1) is 11.9 Å². The predicted octanol–water partition coefficient (Wildman–Crippen LogP) is 3.88. The lowest BCUT2D eigenvalue weighted by Crippen LogP contribution is -2.38. The number of anilines is 1. The molecule has 0 unspecified atom stereocenters. The molecule has 1 saturated heterocycles. The quantitative estimate of drug-likeness (QED) is 0.672. The highest BCUT2D eigenvalue weighted by molar-refractivity contribution is 5.93. The Morgan fingerprint density at radius 3 is 2.57 bits per heavy atom. The highest BCUT2D eigenvalue weighted by Crippen LogP contribution is 2.33. The van der Waals surface area contributed by atoms with Crippen LogP contribution in [0.15, 0.2) is 54.7 Å². The second-order valence-corrected chi connectivity index (χ2v) is 7.12. The predicted molar refractivity (Wildman–Crippen MR) is 112 cm³/mol. The van der Waals surface area contributed by atoms with Crippen LogP contribution < -0.4 is 20.8 Å². The number of carbonyl (C=O) groups excluding carboxylic acids is 1. The van der Waals surface area contributed by atoms with Crippen LogP contribution in [-0.4, -0.2) is 23.1 Å². The van der Waals surface area contributed by atoms with Gasteiger partial charge in [-0.25, -0.2) is 19.2 Å². The Balaban J connectivity index is 1.55. The number of benzene rings is 2. The maximum Gasteiger partial charge on any atom is 0.355 e. The maximum absolute atomic E-state index is 13.1. The molecule has 1 aromatic heterocycles. The normalized spacial score (nSPS) is 13.8. The maximum atomic E-state index is 13.1. The largest absolute Gasteiger partial charge is 0.486 e. The minimum atomic E-state index is -0.359. The third-order valence-corrected chi connectivity index (χ3v) is 4.98. The molecule has 2 aromatic carbocycles. The molecule has 0 radical (unpaired) electrons. The van der Waals surface area contributed by atoms with Crippen molar-refractivity contribution in [1.29, 1.82) is 0 Å². The van der Waals surface area contributed by atoms with Gasteiger partial charge < -0.3 is 4.74 Å². The number of urea groups is 1. The number of nitrogens with zero attached hydrogens (tertiary/aromatic N) is 3. The van der Waals surface area contributed by atoms with Gasteiger partial charge in [0.2, 0.25) is 0 Å². The zero-order chi connectivity index (χ0) is 21.3. The van der Waals surface area contributed by atoms with Crippen LogP contribution in [0, 0.1) is 19.7 Å². The monoisotopic (exact) mass is 407 g/mol. The SMILES string of the molecule is Cc1cc(-c2ccc(F)cn2)ccc1COc1c(C)cccc1N1NNN(C)C1=O. The fourth-order valence-electron chi connectivity index (χ4n) is 3.25. The summed E-state index contributed by atoms with van der Waals surface area (Å²) in [5.41, 5.74) is 10.8. The van der Waals surface area contributed by atoms with E-state index in [-0.39, 0.29) is 11.8 Å². The van der Waals surface area contributed by atoms with E-state index in [0.717, 1.165) is 22.3 Å². The van der Waals surface area contributed by atoms with Crippen molar-refractivity contribution in [2.45, 2.75) is 20.5 Å². The Kier molecular flexibility index (Phi) is 5.35. The molecule has 0 saturated carbocycles. The summed E-state index contributed by atoms with van der Waals surface area (Å²) in [4.78, 5) is 16.5. The molecule has 8 heteroatoms. The van der Waals surface area contributed by atoms with Crippen LogP contribution in [0.5, 0.6) is 5.75 Å². The lowest BCUT2D eigenvalue weighted by Gasteiger charge is -2.20. The summed E-state index contributed by atoms with van der Waals surface area (Å²) in [5.74, 6) is 0.265. The first-order chi connectivity index (χ1) is 14.4. The fraction of sp³-hybridized carbons (Fsp3) is 0.182. The molecule has 0 aliphatic carbocycles. The molecule has 2 N–H and O–H groups in total. The van der Waals surface area contributed by atoms with Crippen LogP contribution in [0.2, 0.25) is 0 Å². The lowest BCUT2D eigenvalue weighted by molar-refractivity contribution is 0.214. The summed E-state index contributed by atoms with van der Waals surface area (Å²) in [6, 6.07) is 14.4. The number of para-hydroxylation sites is 1. The Bertz CT molecular complexity index is 1090. The molecular weight excluding hydrogens is 385 g/mol. The minimum Gasteiger partial charge on any atom is -0.486 e. The van der Waals surface area contributed by atoms with Crippen molar-refractivity contribution >= 4 is 11.7 Å². The molecule has 0 spiro atoms. The van der Waals surface area contributed by atoms with E-state index in [0.29, 0.717) is 23.7 Å². The average Bonchev–Trinajstić information content (AvgIpc) is 3.07. The summed E-state index contributed by atoms with van der Waals surface area (Å²) in [6.45, 7) is 4.27. The van der Waals surface area contributed by atoms with E-state index in [2.05, 4.69) is 16.1 Å². The number of amides is 2. The molecule has 7 nitrogen and oxygen atoms in total. The number of halogens is 1. The number of aryl methyl sites for hydroxylation is 2. The van der Waals surface area contributed by atoms with Crippen LogP contribution in [0.1, 0.15) is 16.7 Å². The highest BCUT2D eigenvalue weighted by Gasteiger charge is 2.29. The van der Waals surface area contributed by atoms with E-state index in [1.54, 1.807) is 13.1 Å². The molecule has 0 bridgehead atoms. The van der Waals surface area contributed by atoms with Gasteiger partial charge in [-0.15, -0.1) is 11.1 Å². The molecule has 154 valence electrons. The van der Waals surface area contributed by atoms with Gasteiger partial charge in [-0.3, -0.25) is 4.98 Å². The van der Waals surface area contributed by atoms with Crippen molar-refractivity contribution in [3.8, 4) is 17.0 Å². The number of aromatic nitrogens is 1. The molecule has 1 fully saturated rings. The molecular formula is C22H22FN5O2. The van der Waals surface area contributed by atoms with Gasteiger partial charge in [0.25, 0.3) is 0 Å². The van der Waals surface area contributed by atoms with Gasteiger partial charge in [-0.2, -0.15) is 0 Å². The van der Waals surface area contributed by atoms with Gasteiger partial charge in [0.1, 0.15) is 23.9 Å². The van der Waals surface area contributed by atoms with E-state index >= 15 is 0 Å². The average molecular weight is 407 g/mol. The first kappa shape index (κ1) is 19.8. The molecule has 30 heavy (non-hydrogen) atoms. The number of hydrogen-bond acceptors (Lipinski definition) is 5. The zero-order valence-corrected chi connectivity index (χ0v) is 16.9. The molecule has 2 heterocycles. The van der Waals surface area contributed by atoms with Crippen molar-refractivity contribution in [3.63, 3.8) is 0 Å². The first-order valence-corrected chi connectivity index (χ1v) is 9.47. The van der Waals surface area contributed by atoms with Crippen molar-refractivity contribution in [2.75, 3.05) is 12.1 Å². The molecule has 3 aromatic rings. The Morgan fingerprint density at radius 1 is 1.07 bits per heavy atom. The lowest BCUT2D eigenvalue weighted by atomic mass is 10.0. The van der Waals surface area contributed by atoms with Crippen molar-refractivity contribution in [1.82, 2.24) is 21.1 Å². The summed E-state index contributed by atoms with van der Waals surface area (Å²) in [5, 5.41) is 2.75. The smallest absolute Gasteiger partial charge is 0.355 e. The van der Waals surface area contributed by atoms with E-state index < -0.39 is 0 Å². The van der Waals surface area contributed by atoms with Gasteiger partial charge in [-0.1, -0.05) is 24.3 Å². The van der Waals surface area contributed by atoms with E-state index in [9.17, 15) is 9.18 Å². The Morgan fingerprint density at radius 2 is 1.90 bits per heavy atom. The van der Waals surface area contributed by atoms with Crippen LogP contribution in [0.25, 0.3) is 11.3 Å². The number of nitrogens with one attached hydrogen (secondary N) is 2. The van der Waals surface area contributed by atoms with Gasteiger partial charge in [0.15, 0.2) is 0 Å². The summed E-state index contributed by atoms with van der Waals surface area (Å²) >= 11 is 0. The fourth-order valence-corrected chi connectivity index (χ4v) is 3.25. The first-order valence-electron chi connectivity index (χ1n) is 9.47. The van der Waals surface area contributed by atoms with E-state index in [1.165, 1.54) is 22.3 Å². The topological polar surface area (TPSA) is 69.7 Å². The molecule has 1 aliphatic heterocycles. The van der Waals surface area contributed by atoms with Crippen molar-refractivity contribution < 1.29 is 13.9 Å². The Labute approximate surface area is 174 Å². The highest BCUT2D eigenvalue weighted by atomic mass is 19.1. The van der Waals surface area contributed by atoms with Gasteiger partial charge >= 0.3 is 6.03 Å². The second kappa shape index (κ2) is 8.10. The summed E-state index contributed by atoms with van der Waals surface area (Å²) in [6.07, 6.45) is 1.21. The number of hydrogen-bond donors (Lipinski definition) is 2. The minimum absolute atomic E-state index is 0.238. The van der Waals surface area contributed by atoms with E-state index in [4.69, 9.17) is 4.74 Å². The number of ether oxygens (including phenoxy) is 1. The van der Waals surface area contributed by atoms with Gasteiger partial charge in [-0.05, 0) is 54.8 Å². The third-order valence-electron chi connectivity index (χ3n) is 4.98. The van der Waals surface area contributed by atoms with Crippen molar-refractivity contribution in [2.24, 2.45) is 0 Å². The Hall–Kier alpha value is -3.49. The van der Waals surface area contributed by atoms with E-state index in [1.807, 2.05) is 50.2 Å². The standard InChI is InChI=1S/C22H22FN5O2/c1-14-5-4-6-20(28-22(29)27(3)25-26-28)21(14)30-13-17-8-7-16(11-15(17)2)19-10-9-18(23)12-24-19/h4-12,25-26H,13H2,1-3H3. The molecule has 2 amide bonds. The number of rotatable bonds is 5. The third kappa shape index (κ3) is 3.83. The summed E-state index contributed by atoms with van der Waals surface area (Å²) < 4.78 is 19.3. The van der Waals surface area contributed by atoms with Crippen molar-refractivity contribution in [3.05, 3.63) is 77.2 Å². The second-order valence-electron chi connectivity index (χ2n) is 7.12. The summed E-state index contributed by atoms with van der Waals surface area (Å²) in [7, 11) is 1.63. The molecule has 0 atom stereocenters. The number of pyridine rings is 1. The van der Waals surface area contributed by atoms with Gasteiger partial charge in [0, 0.05) is 12.6 Å². The molecule has 1 aliphatic rings. The van der Waals surface area contributed by atoms with Crippen LogP contribution in [0.4, 0.5) is 14.9 Å². The number of carbonyl (C=O) groups is 1. The van der Waals surface area contributed by atoms with Crippen LogP contribution in [-0.2, 0) is 6.61 Å².